The number of hydrogen-bond acceptors (Lipinski definition) is 3. The van der Waals surface area contributed by atoms with Crippen molar-refractivity contribution < 1.29 is 17.9 Å². The van der Waals surface area contributed by atoms with Crippen LogP contribution in [0.2, 0.25) is 0 Å². The lowest BCUT2D eigenvalue weighted by Gasteiger charge is -2.15. The maximum atomic E-state index is 12.4. The van der Waals surface area contributed by atoms with E-state index in [1.165, 1.54) is 12.1 Å². The molecule has 3 aromatic rings. The predicted molar refractivity (Wildman–Crippen MR) is 90.1 cm³/mol. The molecule has 1 aromatic heterocycles. The van der Waals surface area contributed by atoms with Crippen LogP contribution in [0.1, 0.15) is 24.3 Å². The fraction of sp³-hybridized carbons (Fsp3) is 0.211. The van der Waals surface area contributed by atoms with Gasteiger partial charge in [0.25, 0.3) is 0 Å². The lowest BCUT2D eigenvalue weighted by Crippen LogP contribution is -2.17. The molecule has 3 nitrogen and oxygen atoms in total. The zero-order chi connectivity index (χ0) is 17.4. The largest absolute Gasteiger partial charge is 0.573 e. The number of ether oxygens (including phenoxy) is 1. The average molecular weight is 344 g/mol. The zero-order valence-electron chi connectivity index (χ0n) is 13.2. The second-order valence-electron chi connectivity index (χ2n) is 6.09. The van der Waals surface area contributed by atoms with Crippen LogP contribution in [0.5, 0.6) is 5.75 Å². The molecule has 0 spiro atoms. The van der Waals surface area contributed by atoms with Crippen LogP contribution in [-0.2, 0) is 0 Å². The minimum atomic E-state index is -4.68. The number of hydrogen-bond donors (Lipinski definition) is 1. The fourth-order valence-corrected chi connectivity index (χ4v) is 2.86. The number of para-hydroxylation sites is 1. The first-order chi connectivity index (χ1) is 12.0. The molecule has 4 rings (SSSR count). The van der Waals surface area contributed by atoms with E-state index < -0.39 is 6.36 Å². The third-order valence-electron chi connectivity index (χ3n) is 4.13. The highest BCUT2D eigenvalue weighted by molar-refractivity contribution is 5.81. The molecule has 2 aromatic carbocycles. The van der Waals surface area contributed by atoms with Crippen LogP contribution in [0, 0.1) is 0 Å². The number of benzene rings is 2. The molecule has 0 bridgehead atoms. The Bertz CT molecular complexity index is 920. The maximum absolute atomic E-state index is 12.4. The Balaban J connectivity index is 1.64. The minimum absolute atomic E-state index is 0.188. The molecule has 6 heteroatoms. The van der Waals surface area contributed by atoms with E-state index >= 15 is 0 Å². The summed E-state index contributed by atoms with van der Waals surface area (Å²) in [5.74, 6) is 0.733. The van der Waals surface area contributed by atoms with Gasteiger partial charge in [0.15, 0.2) is 0 Å². The molecular weight excluding hydrogens is 329 g/mol. The van der Waals surface area contributed by atoms with Gasteiger partial charge in [0, 0.05) is 11.1 Å². The number of alkyl halides is 3. The summed E-state index contributed by atoms with van der Waals surface area (Å²) in [6, 6.07) is 16.0. The van der Waals surface area contributed by atoms with Gasteiger partial charge in [-0.1, -0.05) is 18.2 Å². The normalized spacial score (nSPS) is 14.5. The van der Waals surface area contributed by atoms with E-state index in [1.54, 1.807) is 6.07 Å². The van der Waals surface area contributed by atoms with Crippen LogP contribution < -0.4 is 10.1 Å². The molecule has 1 N–H and O–H groups in total. The van der Waals surface area contributed by atoms with Crippen LogP contribution in [0.3, 0.4) is 0 Å². The van der Waals surface area contributed by atoms with Crippen LogP contribution in [0.15, 0.2) is 54.6 Å². The van der Waals surface area contributed by atoms with E-state index in [0.717, 1.165) is 35.0 Å². The molecule has 0 aliphatic heterocycles. The Labute approximate surface area is 142 Å². The van der Waals surface area contributed by atoms with Gasteiger partial charge in [0.2, 0.25) is 0 Å². The molecule has 0 unspecified atom stereocenters. The first-order valence-electron chi connectivity index (χ1n) is 8.00. The van der Waals surface area contributed by atoms with Crippen LogP contribution in [0.25, 0.3) is 10.9 Å². The molecule has 25 heavy (non-hydrogen) atoms. The average Bonchev–Trinajstić information content (AvgIpc) is 3.40. The van der Waals surface area contributed by atoms with Crippen LogP contribution in [-0.4, -0.2) is 11.3 Å². The summed E-state index contributed by atoms with van der Waals surface area (Å²) in [6.45, 7) is 0. The van der Waals surface area contributed by atoms with Crippen molar-refractivity contribution in [2.75, 3.05) is 5.32 Å². The Hall–Kier alpha value is -2.76. The van der Waals surface area contributed by atoms with E-state index in [-0.39, 0.29) is 11.7 Å². The summed E-state index contributed by atoms with van der Waals surface area (Å²) in [7, 11) is 0. The van der Waals surface area contributed by atoms with Crippen molar-refractivity contribution in [3.05, 3.63) is 60.2 Å². The Morgan fingerprint density at radius 2 is 1.80 bits per heavy atom. The van der Waals surface area contributed by atoms with Gasteiger partial charge in [0.05, 0.1) is 5.52 Å². The van der Waals surface area contributed by atoms with Crippen molar-refractivity contribution in [2.45, 2.75) is 25.1 Å². The monoisotopic (exact) mass is 344 g/mol. The van der Waals surface area contributed by atoms with Gasteiger partial charge in [0.1, 0.15) is 11.6 Å². The molecule has 1 aliphatic carbocycles. The van der Waals surface area contributed by atoms with Gasteiger partial charge in [-0.25, -0.2) is 4.98 Å². The van der Waals surface area contributed by atoms with Gasteiger partial charge >= 0.3 is 6.36 Å². The van der Waals surface area contributed by atoms with Crippen molar-refractivity contribution in [3.8, 4) is 5.75 Å². The van der Waals surface area contributed by atoms with Crippen LogP contribution in [0.4, 0.5) is 24.7 Å². The Kier molecular flexibility index (Phi) is 3.75. The second-order valence-corrected chi connectivity index (χ2v) is 6.09. The zero-order valence-corrected chi connectivity index (χ0v) is 13.2. The molecule has 1 saturated carbocycles. The summed E-state index contributed by atoms with van der Waals surface area (Å²) in [6.07, 6.45) is -2.75. The van der Waals surface area contributed by atoms with E-state index in [4.69, 9.17) is 0 Å². The topological polar surface area (TPSA) is 34.1 Å². The first kappa shape index (κ1) is 15.7. The van der Waals surface area contributed by atoms with E-state index in [9.17, 15) is 13.2 Å². The Morgan fingerprint density at radius 1 is 1.00 bits per heavy atom. The quantitative estimate of drug-likeness (QED) is 0.654. The number of rotatable bonds is 4. The SMILES string of the molecule is FC(F)(F)Oc1ccc(Nc2ccc3ccccc3n2)c(C2CC2)c1. The van der Waals surface area contributed by atoms with E-state index in [0.29, 0.717) is 5.82 Å². The molecular formula is C19H15F3N2O. The highest BCUT2D eigenvalue weighted by Crippen LogP contribution is 2.45. The molecule has 0 saturated heterocycles. The standard InChI is InChI=1S/C19H15F3N2O/c20-19(21,22)25-14-8-9-17(15(11-14)12-5-6-12)24-18-10-7-13-3-1-2-4-16(13)23-18/h1-4,7-12H,5-6H2,(H,23,24). The lowest BCUT2D eigenvalue weighted by molar-refractivity contribution is -0.274. The van der Waals surface area contributed by atoms with Gasteiger partial charge in [-0.05, 0) is 60.7 Å². The first-order valence-corrected chi connectivity index (χ1v) is 8.00. The third kappa shape index (κ3) is 3.68. The van der Waals surface area contributed by atoms with Crippen LogP contribution >= 0.6 is 0 Å². The van der Waals surface area contributed by atoms with Gasteiger partial charge in [-0.2, -0.15) is 0 Å². The molecule has 1 aliphatic rings. The molecule has 0 radical (unpaired) electrons. The number of nitrogens with one attached hydrogen (secondary N) is 1. The van der Waals surface area contributed by atoms with Crippen molar-refractivity contribution in [1.82, 2.24) is 4.98 Å². The molecule has 1 heterocycles. The second kappa shape index (κ2) is 5.95. The fourth-order valence-electron chi connectivity index (χ4n) is 2.86. The van der Waals surface area contributed by atoms with Crippen molar-refractivity contribution in [1.29, 1.82) is 0 Å². The summed E-state index contributed by atoms with van der Waals surface area (Å²) in [5.41, 5.74) is 2.45. The van der Waals surface area contributed by atoms with E-state index in [1.807, 2.05) is 36.4 Å². The van der Waals surface area contributed by atoms with Crippen molar-refractivity contribution in [2.24, 2.45) is 0 Å². The smallest absolute Gasteiger partial charge is 0.406 e. The highest BCUT2D eigenvalue weighted by atomic mass is 19.4. The summed E-state index contributed by atoms with van der Waals surface area (Å²) in [5, 5.41) is 4.26. The minimum Gasteiger partial charge on any atom is -0.406 e. The van der Waals surface area contributed by atoms with E-state index in [2.05, 4.69) is 15.0 Å². The van der Waals surface area contributed by atoms with Crippen molar-refractivity contribution in [3.63, 3.8) is 0 Å². The highest BCUT2D eigenvalue weighted by Gasteiger charge is 2.32. The van der Waals surface area contributed by atoms with Gasteiger partial charge in [-0.15, -0.1) is 13.2 Å². The number of fused-ring (bicyclic) bond motifs is 1. The number of aromatic nitrogens is 1. The van der Waals surface area contributed by atoms with Gasteiger partial charge < -0.3 is 10.1 Å². The maximum Gasteiger partial charge on any atom is 0.573 e. The lowest BCUT2D eigenvalue weighted by atomic mass is 10.1. The summed E-state index contributed by atoms with van der Waals surface area (Å²) >= 11 is 0. The summed E-state index contributed by atoms with van der Waals surface area (Å²) < 4.78 is 41.4. The Morgan fingerprint density at radius 3 is 2.56 bits per heavy atom. The predicted octanol–water partition coefficient (Wildman–Crippen LogP) is 5.75. The van der Waals surface area contributed by atoms with Crippen molar-refractivity contribution >= 4 is 22.4 Å². The van der Waals surface area contributed by atoms with Gasteiger partial charge in [-0.3, -0.25) is 0 Å². The number of halogens is 3. The third-order valence-corrected chi connectivity index (χ3v) is 4.13. The molecule has 128 valence electrons. The molecule has 0 atom stereocenters. The molecule has 0 amide bonds. The number of anilines is 2. The number of pyridine rings is 1. The number of nitrogens with zero attached hydrogens (tertiary/aromatic N) is 1. The molecule has 1 fully saturated rings. The summed E-state index contributed by atoms with van der Waals surface area (Å²) in [4.78, 5) is 4.55.